The highest BCUT2D eigenvalue weighted by Gasteiger charge is 2.19. The first-order valence-electron chi connectivity index (χ1n) is 6.45. The maximum atomic E-state index is 10.5. The third-order valence-corrected chi connectivity index (χ3v) is 3.63. The molecule has 0 saturated heterocycles. The topological polar surface area (TPSA) is 20.2 Å². The number of aliphatic hydroxyl groups is 1. The predicted octanol–water partition coefficient (Wildman–Crippen LogP) is 4.60. The zero-order chi connectivity index (χ0) is 13.0. The molecule has 1 nitrogen and oxygen atoms in total. The van der Waals surface area contributed by atoms with Gasteiger partial charge >= 0.3 is 0 Å². The van der Waals surface area contributed by atoms with Crippen molar-refractivity contribution in [2.75, 3.05) is 0 Å². The van der Waals surface area contributed by atoms with Crippen LogP contribution in [0.15, 0.2) is 48.1 Å². The van der Waals surface area contributed by atoms with Gasteiger partial charge in [0.25, 0.3) is 0 Å². The Hall–Kier alpha value is -1.05. The average Bonchev–Trinajstić information content (AvgIpc) is 2.38. The highest BCUT2D eigenvalue weighted by atomic mass is 35.5. The van der Waals surface area contributed by atoms with Gasteiger partial charge in [0.05, 0.1) is 0 Å². The summed E-state index contributed by atoms with van der Waals surface area (Å²) in [5.74, 6) is 0. The SMILES string of the molecule is CC(O)(/C=C/C1=CCCCC1)c1ccc(Cl)cc1. The lowest BCUT2D eigenvalue weighted by Crippen LogP contribution is -2.17. The van der Waals surface area contributed by atoms with Gasteiger partial charge in [-0.15, -0.1) is 0 Å². The first-order valence-corrected chi connectivity index (χ1v) is 6.82. The molecule has 0 bridgehead atoms. The van der Waals surface area contributed by atoms with Gasteiger partial charge in [-0.2, -0.15) is 0 Å². The van der Waals surface area contributed by atoms with Crippen molar-refractivity contribution in [2.24, 2.45) is 0 Å². The summed E-state index contributed by atoms with van der Waals surface area (Å²) in [4.78, 5) is 0. The van der Waals surface area contributed by atoms with Crippen LogP contribution in [0.25, 0.3) is 0 Å². The number of hydrogen-bond donors (Lipinski definition) is 1. The quantitative estimate of drug-likeness (QED) is 0.844. The van der Waals surface area contributed by atoms with Gasteiger partial charge in [-0.1, -0.05) is 41.5 Å². The van der Waals surface area contributed by atoms with E-state index in [0.29, 0.717) is 5.02 Å². The summed E-state index contributed by atoms with van der Waals surface area (Å²) in [6.45, 7) is 1.80. The van der Waals surface area contributed by atoms with Gasteiger partial charge in [0.1, 0.15) is 5.60 Å². The molecule has 0 radical (unpaired) electrons. The molecule has 0 aliphatic heterocycles. The summed E-state index contributed by atoms with van der Waals surface area (Å²) in [5, 5.41) is 11.1. The third kappa shape index (κ3) is 3.47. The lowest BCUT2D eigenvalue weighted by molar-refractivity contribution is 0.111. The first kappa shape index (κ1) is 13.4. The van der Waals surface area contributed by atoms with Gasteiger partial charge in [-0.05, 0) is 56.4 Å². The van der Waals surface area contributed by atoms with Crippen molar-refractivity contribution < 1.29 is 5.11 Å². The minimum absolute atomic E-state index is 0.688. The summed E-state index contributed by atoms with van der Waals surface area (Å²) >= 11 is 5.85. The number of halogens is 1. The van der Waals surface area contributed by atoms with Crippen LogP contribution in [0.3, 0.4) is 0 Å². The van der Waals surface area contributed by atoms with Gasteiger partial charge in [-0.25, -0.2) is 0 Å². The molecule has 1 N–H and O–H groups in total. The molecule has 96 valence electrons. The molecule has 0 amide bonds. The van der Waals surface area contributed by atoms with E-state index in [4.69, 9.17) is 11.6 Å². The summed E-state index contributed by atoms with van der Waals surface area (Å²) < 4.78 is 0. The molecule has 1 atom stereocenters. The molecule has 1 aromatic rings. The van der Waals surface area contributed by atoms with E-state index < -0.39 is 5.60 Å². The van der Waals surface area contributed by atoms with Crippen LogP contribution in [0.2, 0.25) is 5.02 Å². The van der Waals surface area contributed by atoms with E-state index in [1.165, 1.54) is 18.4 Å². The minimum Gasteiger partial charge on any atom is -0.381 e. The maximum Gasteiger partial charge on any atom is 0.105 e. The Morgan fingerprint density at radius 3 is 2.56 bits per heavy atom. The summed E-state index contributed by atoms with van der Waals surface area (Å²) in [6, 6.07) is 7.34. The van der Waals surface area contributed by atoms with Crippen LogP contribution < -0.4 is 0 Å². The highest BCUT2D eigenvalue weighted by molar-refractivity contribution is 6.30. The molecular weight excluding hydrogens is 244 g/mol. The zero-order valence-corrected chi connectivity index (χ0v) is 11.5. The lowest BCUT2D eigenvalue weighted by atomic mass is 9.93. The Bertz CT molecular complexity index is 454. The average molecular weight is 263 g/mol. The molecular formula is C16H19ClO. The molecule has 0 heterocycles. The molecule has 0 saturated carbocycles. The molecule has 18 heavy (non-hydrogen) atoms. The number of benzene rings is 1. The molecule has 0 fully saturated rings. The largest absolute Gasteiger partial charge is 0.381 e. The van der Waals surface area contributed by atoms with E-state index in [-0.39, 0.29) is 0 Å². The van der Waals surface area contributed by atoms with Crippen molar-refractivity contribution in [3.8, 4) is 0 Å². The van der Waals surface area contributed by atoms with Gasteiger partial charge < -0.3 is 5.11 Å². The fourth-order valence-electron chi connectivity index (χ4n) is 2.17. The number of allylic oxidation sites excluding steroid dienone is 3. The lowest BCUT2D eigenvalue weighted by Gasteiger charge is -2.20. The monoisotopic (exact) mass is 262 g/mol. The van der Waals surface area contributed by atoms with Crippen molar-refractivity contribution >= 4 is 11.6 Å². The zero-order valence-electron chi connectivity index (χ0n) is 10.7. The van der Waals surface area contributed by atoms with Crippen LogP contribution in [-0.4, -0.2) is 5.11 Å². The van der Waals surface area contributed by atoms with Crippen LogP contribution >= 0.6 is 11.6 Å². The Morgan fingerprint density at radius 1 is 1.22 bits per heavy atom. The van der Waals surface area contributed by atoms with E-state index in [0.717, 1.165) is 18.4 Å². The Kier molecular flexibility index (Phi) is 4.26. The Balaban J connectivity index is 2.13. The number of hydrogen-bond acceptors (Lipinski definition) is 1. The molecule has 1 unspecified atom stereocenters. The van der Waals surface area contributed by atoms with Crippen molar-refractivity contribution in [2.45, 2.75) is 38.2 Å². The summed E-state index contributed by atoms with van der Waals surface area (Å²) in [5.41, 5.74) is 1.25. The van der Waals surface area contributed by atoms with Crippen LogP contribution in [0, 0.1) is 0 Å². The van der Waals surface area contributed by atoms with Gasteiger partial charge in [0.2, 0.25) is 0 Å². The molecule has 2 heteroatoms. The standard InChI is InChI=1S/C16H19ClO/c1-16(18,14-7-9-15(17)10-8-14)12-11-13-5-3-2-4-6-13/h5,7-12,18H,2-4,6H2,1H3/b12-11+. The van der Waals surface area contributed by atoms with Crippen molar-refractivity contribution in [3.05, 3.63) is 58.7 Å². The second-order valence-corrected chi connectivity index (χ2v) is 5.45. The van der Waals surface area contributed by atoms with E-state index >= 15 is 0 Å². The molecule has 1 aromatic carbocycles. The normalized spacial score (nSPS) is 19.6. The third-order valence-electron chi connectivity index (χ3n) is 3.38. The molecule has 2 rings (SSSR count). The maximum absolute atomic E-state index is 10.5. The van der Waals surface area contributed by atoms with E-state index in [1.54, 1.807) is 19.1 Å². The fraction of sp³-hybridized carbons (Fsp3) is 0.375. The first-order chi connectivity index (χ1) is 8.58. The van der Waals surface area contributed by atoms with Crippen LogP contribution in [0.4, 0.5) is 0 Å². The van der Waals surface area contributed by atoms with E-state index in [9.17, 15) is 5.11 Å². The van der Waals surface area contributed by atoms with Crippen LogP contribution in [-0.2, 0) is 5.60 Å². The smallest absolute Gasteiger partial charge is 0.105 e. The van der Waals surface area contributed by atoms with Gasteiger partial charge in [0, 0.05) is 5.02 Å². The van der Waals surface area contributed by atoms with Gasteiger partial charge in [0.15, 0.2) is 0 Å². The highest BCUT2D eigenvalue weighted by Crippen LogP contribution is 2.26. The van der Waals surface area contributed by atoms with E-state index in [1.807, 2.05) is 24.3 Å². The molecule has 0 aromatic heterocycles. The number of rotatable bonds is 3. The summed E-state index contributed by atoms with van der Waals surface area (Å²) in [6.07, 6.45) is 11.0. The predicted molar refractivity (Wildman–Crippen MR) is 76.7 cm³/mol. The van der Waals surface area contributed by atoms with Crippen LogP contribution in [0.1, 0.15) is 38.2 Å². The fourth-order valence-corrected chi connectivity index (χ4v) is 2.29. The van der Waals surface area contributed by atoms with E-state index in [2.05, 4.69) is 6.08 Å². The molecule has 1 aliphatic carbocycles. The molecule has 0 spiro atoms. The van der Waals surface area contributed by atoms with Crippen molar-refractivity contribution in [3.63, 3.8) is 0 Å². The van der Waals surface area contributed by atoms with Crippen molar-refractivity contribution in [1.29, 1.82) is 0 Å². The second-order valence-electron chi connectivity index (χ2n) is 5.01. The Morgan fingerprint density at radius 2 is 1.94 bits per heavy atom. The molecule has 1 aliphatic rings. The summed E-state index contributed by atoms with van der Waals surface area (Å²) in [7, 11) is 0. The van der Waals surface area contributed by atoms with Gasteiger partial charge in [-0.3, -0.25) is 0 Å². The Labute approximate surface area is 114 Å². The second kappa shape index (κ2) is 5.73. The minimum atomic E-state index is -0.942. The van der Waals surface area contributed by atoms with Crippen LogP contribution in [0.5, 0.6) is 0 Å². The van der Waals surface area contributed by atoms with Crippen molar-refractivity contribution in [1.82, 2.24) is 0 Å².